The van der Waals surface area contributed by atoms with Crippen molar-refractivity contribution in [1.82, 2.24) is 10.9 Å². The van der Waals surface area contributed by atoms with Crippen molar-refractivity contribution in [3.8, 4) is 0 Å². The van der Waals surface area contributed by atoms with E-state index in [4.69, 9.17) is 0 Å². The van der Waals surface area contributed by atoms with E-state index in [1.807, 2.05) is 6.20 Å². The first-order chi connectivity index (χ1) is 3.93. The highest BCUT2D eigenvalue weighted by Crippen LogP contribution is 1.99. The lowest BCUT2D eigenvalue weighted by atomic mass is 10.2. The van der Waals surface area contributed by atoms with Crippen molar-refractivity contribution < 1.29 is 0 Å². The van der Waals surface area contributed by atoms with Crippen molar-refractivity contribution >= 4 is 0 Å². The maximum absolute atomic E-state index is 3.10. The zero-order valence-electron chi connectivity index (χ0n) is 5.15. The Bertz CT molecular complexity index is 88.5. The molecular formula is C6H12N2. The summed E-state index contributed by atoms with van der Waals surface area (Å²) in [5, 5.41) is 0. The standard InChI is InChI=1S/C6H12N2/c1-2-3-6-4-5-7-8-6/h4-8H,2-3H2,1H3. The van der Waals surface area contributed by atoms with E-state index in [2.05, 4.69) is 23.9 Å². The van der Waals surface area contributed by atoms with Crippen LogP contribution in [0, 0.1) is 0 Å². The van der Waals surface area contributed by atoms with Crippen LogP contribution in [-0.4, -0.2) is 6.04 Å². The second kappa shape index (κ2) is 2.72. The minimum atomic E-state index is 0.569. The summed E-state index contributed by atoms with van der Waals surface area (Å²) >= 11 is 0. The van der Waals surface area contributed by atoms with Crippen LogP contribution in [0.25, 0.3) is 0 Å². The average molecular weight is 112 g/mol. The SMILES string of the molecule is CCCC1C=CNN1. The first kappa shape index (κ1) is 5.63. The summed E-state index contributed by atoms with van der Waals surface area (Å²) in [5.41, 5.74) is 6.02. The molecule has 0 aromatic rings. The fraction of sp³-hybridized carbons (Fsp3) is 0.667. The minimum absolute atomic E-state index is 0.569. The monoisotopic (exact) mass is 112 g/mol. The zero-order chi connectivity index (χ0) is 5.82. The third-order valence-electron chi connectivity index (χ3n) is 1.28. The smallest absolute Gasteiger partial charge is 0.0457 e. The Kier molecular flexibility index (Phi) is 1.92. The third-order valence-corrected chi connectivity index (χ3v) is 1.28. The summed E-state index contributed by atoms with van der Waals surface area (Å²) in [5.74, 6) is 0. The van der Waals surface area contributed by atoms with Crippen molar-refractivity contribution in [3.63, 3.8) is 0 Å². The maximum atomic E-state index is 3.10. The molecule has 46 valence electrons. The lowest BCUT2D eigenvalue weighted by Crippen LogP contribution is -2.29. The number of hydrazine groups is 1. The van der Waals surface area contributed by atoms with E-state index in [0.717, 1.165) is 0 Å². The normalized spacial score (nSPS) is 25.9. The van der Waals surface area contributed by atoms with Gasteiger partial charge in [-0.25, -0.2) is 5.43 Å². The van der Waals surface area contributed by atoms with E-state index in [1.165, 1.54) is 12.8 Å². The largest absolute Gasteiger partial charge is 0.328 e. The Balaban J connectivity index is 2.16. The van der Waals surface area contributed by atoms with Gasteiger partial charge in [0.2, 0.25) is 0 Å². The van der Waals surface area contributed by atoms with Crippen molar-refractivity contribution in [2.45, 2.75) is 25.8 Å². The highest BCUT2D eigenvalue weighted by molar-refractivity contribution is 4.96. The predicted molar refractivity (Wildman–Crippen MR) is 34.1 cm³/mol. The fourth-order valence-electron chi connectivity index (χ4n) is 0.847. The molecule has 0 aromatic heterocycles. The molecule has 8 heavy (non-hydrogen) atoms. The van der Waals surface area contributed by atoms with Gasteiger partial charge in [-0.05, 0) is 12.5 Å². The molecule has 0 radical (unpaired) electrons. The van der Waals surface area contributed by atoms with E-state index in [0.29, 0.717) is 6.04 Å². The summed E-state index contributed by atoms with van der Waals surface area (Å²) < 4.78 is 0. The summed E-state index contributed by atoms with van der Waals surface area (Å²) in [7, 11) is 0. The molecule has 0 amide bonds. The van der Waals surface area contributed by atoms with Gasteiger partial charge in [0.1, 0.15) is 0 Å². The highest BCUT2D eigenvalue weighted by Gasteiger charge is 2.03. The molecule has 0 saturated heterocycles. The van der Waals surface area contributed by atoms with E-state index >= 15 is 0 Å². The molecule has 1 aliphatic heterocycles. The lowest BCUT2D eigenvalue weighted by Gasteiger charge is -2.04. The van der Waals surface area contributed by atoms with Gasteiger partial charge in [0.25, 0.3) is 0 Å². The second-order valence-electron chi connectivity index (χ2n) is 2.04. The van der Waals surface area contributed by atoms with Gasteiger partial charge in [-0.1, -0.05) is 13.3 Å². The molecular weight excluding hydrogens is 100 g/mol. The number of hydrogen-bond acceptors (Lipinski definition) is 2. The summed E-state index contributed by atoms with van der Waals surface area (Å²) in [6, 6.07) is 0.569. The molecule has 2 nitrogen and oxygen atoms in total. The molecule has 0 saturated carbocycles. The predicted octanol–water partition coefficient (Wildman–Crippen LogP) is 0.777. The first-order valence-corrected chi connectivity index (χ1v) is 3.11. The zero-order valence-corrected chi connectivity index (χ0v) is 5.15. The van der Waals surface area contributed by atoms with Crippen molar-refractivity contribution in [1.29, 1.82) is 0 Å². The Labute approximate surface area is 49.9 Å². The van der Waals surface area contributed by atoms with Gasteiger partial charge in [-0.2, -0.15) is 0 Å². The quantitative estimate of drug-likeness (QED) is 0.551. The van der Waals surface area contributed by atoms with Crippen LogP contribution < -0.4 is 10.9 Å². The number of rotatable bonds is 2. The maximum Gasteiger partial charge on any atom is 0.0457 e. The average Bonchev–Trinajstić information content (AvgIpc) is 2.19. The molecule has 1 rings (SSSR count). The molecule has 2 heteroatoms. The van der Waals surface area contributed by atoms with Crippen LogP contribution in [0.4, 0.5) is 0 Å². The summed E-state index contributed by atoms with van der Waals surface area (Å²) in [4.78, 5) is 0. The van der Waals surface area contributed by atoms with Crippen molar-refractivity contribution in [2.24, 2.45) is 0 Å². The molecule has 2 N–H and O–H groups in total. The second-order valence-corrected chi connectivity index (χ2v) is 2.04. The highest BCUT2D eigenvalue weighted by atomic mass is 15.4. The van der Waals surface area contributed by atoms with Crippen LogP contribution in [-0.2, 0) is 0 Å². The van der Waals surface area contributed by atoms with Crippen LogP contribution in [0.3, 0.4) is 0 Å². The minimum Gasteiger partial charge on any atom is -0.328 e. The summed E-state index contributed by atoms with van der Waals surface area (Å²) in [6.45, 7) is 2.19. The molecule has 1 atom stereocenters. The first-order valence-electron chi connectivity index (χ1n) is 3.11. The van der Waals surface area contributed by atoms with E-state index in [1.54, 1.807) is 0 Å². The third kappa shape index (κ3) is 1.23. The Morgan fingerprint density at radius 3 is 3.00 bits per heavy atom. The molecule has 1 aliphatic rings. The number of hydrogen-bond donors (Lipinski definition) is 2. The molecule has 0 aliphatic carbocycles. The molecule has 0 aromatic carbocycles. The van der Waals surface area contributed by atoms with Crippen molar-refractivity contribution in [2.75, 3.05) is 0 Å². The van der Waals surface area contributed by atoms with Crippen LogP contribution >= 0.6 is 0 Å². The van der Waals surface area contributed by atoms with Crippen LogP contribution in [0.1, 0.15) is 19.8 Å². The van der Waals surface area contributed by atoms with Gasteiger partial charge < -0.3 is 5.43 Å². The van der Waals surface area contributed by atoms with Gasteiger partial charge in [-0.15, -0.1) is 0 Å². The van der Waals surface area contributed by atoms with Gasteiger partial charge in [0.15, 0.2) is 0 Å². The van der Waals surface area contributed by atoms with Crippen LogP contribution in [0.5, 0.6) is 0 Å². The van der Waals surface area contributed by atoms with E-state index in [-0.39, 0.29) is 0 Å². The Hall–Kier alpha value is -0.500. The van der Waals surface area contributed by atoms with E-state index < -0.39 is 0 Å². The van der Waals surface area contributed by atoms with Gasteiger partial charge in [0, 0.05) is 12.2 Å². The topological polar surface area (TPSA) is 24.1 Å². The fourth-order valence-corrected chi connectivity index (χ4v) is 0.847. The Morgan fingerprint density at radius 1 is 1.62 bits per heavy atom. The number of nitrogens with one attached hydrogen (secondary N) is 2. The Morgan fingerprint density at radius 2 is 2.50 bits per heavy atom. The van der Waals surface area contributed by atoms with Crippen LogP contribution in [0.15, 0.2) is 12.3 Å². The summed E-state index contributed by atoms with van der Waals surface area (Å²) in [6.07, 6.45) is 6.55. The molecule has 0 bridgehead atoms. The van der Waals surface area contributed by atoms with Crippen molar-refractivity contribution in [3.05, 3.63) is 12.3 Å². The van der Waals surface area contributed by atoms with E-state index in [9.17, 15) is 0 Å². The molecule has 1 heterocycles. The molecule has 0 fully saturated rings. The van der Waals surface area contributed by atoms with Gasteiger partial charge >= 0.3 is 0 Å². The van der Waals surface area contributed by atoms with Crippen LogP contribution in [0.2, 0.25) is 0 Å². The van der Waals surface area contributed by atoms with Gasteiger partial charge in [0.05, 0.1) is 0 Å². The molecule has 1 unspecified atom stereocenters. The van der Waals surface area contributed by atoms with Gasteiger partial charge in [-0.3, -0.25) is 0 Å². The molecule has 0 spiro atoms. The lowest BCUT2D eigenvalue weighted by molar-refractivity contribution is 0.546.